The van der Waals surface area contributed by atoms with Crippen molar-refractivity contribution in [3.63, 3.8) is 0 Å². The SMILES string of the molecule is COC(=O)c1ccc2cc3n(c2c1)CCCc1cc(OCc2cc([N+](=O)[O-])ccc2F)ccc1-3. The first-order chi connectivity index (χ1) is 16.4. The van der Waals surface area contributed by atoms with Crippen molar-refractivity contribution in [3.8, 4) is 17.0 Å². The van der Waals surface area contributed by atoms with Crippen molar-refractivity contribution >= 4 is 22.6 Å². The number of hydrogen-bond acceptors (Lipinski definition) is 5. The molecule has 0 aliphatic carbocycles. The van der Waals surface area contributed by atoms with Gasteiger partial charge in [-0.3, -0.25) is 10.1 Å². The van der Waals surface area contributed by atoms with E-state index in [0.29, 0.717) is 11.3 Å². The van der Waals surface area contributed by atoms with Crippen molar-refractivity contribution in [2.75, 3.05) is 7.11 Å². The highest BCUT2D eigenvalue weighted by Gasteiger charge is 2.19. The number of halogens is 1. The lowest BCUT2D eigenvalue weighted by atomic mass is 10.0. The molecule has 0 radical (unpaired) electrons. The number of nitro groups is 1. The third-order valence-corrected chi connectivity index (χ3v) is 6.14. The summed E-state index contributed by atoms with van der Waals surface area (Å²) >= 11 is 0. The quantitative estimate of drug-likeness (QED) is 0.218. The predicted octanol–water partition coefficient (Wildman–Crippen LogP) is 5.67. The Hall–Kier alpha value is -4.20. The van der Waals surface area contributed by atoms with Gasteiger partial charge in [-0.05, 0) is 60.9 Å². The van der Waals surface area contributed by atoms with Gasteiger partial charge in [-0.15, -0.1) is 0 Å². The Labute approximate surface area is 194 Å². The smallest absolute Gasteiger partial charge is 0.337 e. The number of hydrogen-bond donors (Lipinski definition) is 0. The van der Waals surface area contributed by atoms with Crippen LogP contribution >= 0.6 is 0 Å². The molecule has 1 aliphatic rings. The Morgan fingerprint density at radius 2 is 1.97 bits per heavy atom. The summed E-state index contributed by atoms with van der Waals surface area (Å²) in [5, 5.41) is 12.0. The molecule has 0 amide bonds. The number of ether oxygens (including phenoxy) is 2. The third kappa shape index (κ3) is 3.87. The van der Waals surface area contributed by atoms with Crippen LogP contribution in [-0.4, -0.2) is 22.6 Å². The maximum absolute atomic E-state index is 14.1. The maximum Gasteiger partial charge on any atom is 0.337 e. The highest BCUT2D eigenvalue weighted by Crippen LogP contribution is 2.36. The van der Waals surface area contributed by atoms with Crippen molar-refractivity contribution in [1.29, 1.82) is 0 Å². The molecular weight excluding hydrogens is 439 g/mol. The normalized spacial score (nSPS) is 12.5. The number of aryl methyl sites for hydroxylation is 2. The number of non-ortho nitro benzene ring substituents is 1. The van der Waals surface area contributed by atoms with Crippen molar-refractivity contribution in [2.24, 2.45) is 0 Å². The number of carbonyl (C=O) groups excluding carboxylic acids is 1. The molecule has 34 heavy (non-hydrogen) atoms. The van der Waals surface area contributed by atoms with Crippen LogP contribution in [0.2, 0.25) is 0 Å². The van der Waals surface area contributed by atoms with E-state index in [1.54, 1.807) is 6.07 Å². The van der Waals surface area contributed by atoms with Gasteiger partial charge in [-0.25, -0.2) is 9.18 Å². The maximum atomic E-state index is 14.1. The Morgan fingerprint density at radius 1 is 1.12 bits per heavy atom. The summed E-state index contributed by atoms with van der Waals surface area (Å²) in [7, 11) is 1.37. The minimum atomic E-state index is -0.557. The number of carbonyl (C=O) groups is 1. The largest absolute Gasteiger partial charge is 0.489 e. The fourth-order valence-corrected chi connectivity index (χ4v) is 4.45. The Bertz CT molecular complexity index is 1440. The molecule has 5 rings (SSSR count). The van der Waals surface area contributed by atoms with E-state index in [9.17, 15) is 19.3 Å². The fourth-order valence-electron chi connectivity index (χ4n) is 4.45. The Balaban J connectivity index is 1.45. The molecule has 2 heterocycles. The van der Waals surface area contributed by atoms with Gasteiger partial charge in [0.05, 0.1) is 17.6 Å². The lowest BCUT2D eigenvalue weighted by Gasteiger charge is -2.12. The van der Waals surface area contributed by atoms with E-state index in [1.807, 2.05) is 30.3 Å². The van der Waals surface area contributed by atoms with E-state index in [0.717, 1.165) is 59.2 Å². The van der Waals surface area contributed by atoms with E-state index < -0.39 is 10.7 Å². The van der Waals surface area contributed by atoms with Crippen LogP contribution in [0.25, 0.3) is 22.2 Å². The molecule has 3 aromatic carbocycles. The van der Waals surface area contributed by atoms with E-state index in [2.05, 4.69) is 10.6 Å². The van der Waals surface area contributed by atoms with E-state index >= 15 is 0 Å². The summed E-state index contributed by atoms with van der Waals surface area (Å²) in [5.74, 6) is -0.341. The fraction of sp³-hybridized carbons (Fsp3) is 0.192. The van der Waals surface area contributed by atoms with Gasteiger partial charge in [0.25, 0.3) is 5.69 Å². The molecule has 0 saturated heterocycles. The van der Waals surface area contributed by atoms with E-state index in [-0.39, 0.29) is 23.8 Å². The van der Waals surface area contributed by atoms with Gasteiger partial charge < -0.3 is 14.0 Å². The molecule has 0 spiro atoms. The van der Waals surface area contributed by atoms with Gasteiger partial charge in [0, 0.05) is 46.4 Å². The minimum absolute atomic E-state index is 0.108. The number of nitro benzene ring substituents is 1. The first-order valence-electron chi connectivity index (χ1n) is 10.8. The zero-order valence-electron chi connectivity index (χ0n) is 18.4. The minimum Gasteiger partial charge on any atom is -0.489 e. The molecule has 1 aliphatic heterocycles. The second-order valence-electron chi connectivity index (χ2n) is 8.19. The van der Waals surface area contributed by atoms with Crippen LogP contribution in [0.5, 0.6) is 5.75 Å². The lowest BCUT2D eigenvalue weighted by Crippen LogP contribution is -2.02. The van der Waals surface area contributed by atoms with Crippen LogP contribution in [0.3, 0.4) is 0 Å². The summed E-state index contributed by atoms with van der Waals surface area (Å²) in [6.07, 6.45) is 1.73. The number of fused-ring (bicyclic) bond motifs is 5. The molecule has 0 atom stereocenters. The predicted molar refractivity (Wildman–Crippen MR) is 124 cm³/mol. The third-order valence-electron chi connectivity index (χ3n) is 6.14. The van der Waals surface area contributed by atoms with Crippen molar-refractivity contribution in [3.05, 3.63) is 93.3 Å². The molecule has 7 nitrogen and oxygen atoms in total. The van der Waals surface area contributed by atoms with Gasteiger partial charge in [-0.1, -0.05) is 6.07 Å². The molecule has 8 heteroatoms. The van der Waals surface area contributed by atoms with Gasteiger partial charge in [0.15, 0.2) is 0 Å². The monoisotopic (exact) mass is 460 g/mol. The van der Waals surface area contributed by atoms with Gasteiger partial charge in [0.2, 0.25) is 0 Å². The first kappa shape index (κ1) is 21.6. The second kappa shape index (κ2) is 8.62. The highest BCUT2D eigenvalue weighted by molar-refractivity contribution is 5.96. The second-order valence-corrected chi connectivity index (χ2v) is 8.19. The number of benzene rings is 3. The average molecular weight is 460 g/mol. The zero-order chi connectivity index (χ0) is 23.8. The Morgan fingerprint density at radius 3 is 2.76 bits per heavy atom. The zero-order valence-corrected chi connectivity index (χ0v) is 18.4. The summed E-state index contributed by atoms with van der Waals surface area (Å²) in [4.78, 5) is 22.4. The van der Waals surface area contributed by atoms with Crippen LogP contribution < -0.4 is 4.74 Å². The van der Waals surface area contributed by atoms with Gasteiger partial charge in [-0.2, -0.15) is 0 Å². The molecule has 172 valence electrons. The topological polar surface area (TPSA) is 83.6 Å². The van der Waals surface area contributed by atoms with E-state index in [4.69, 9.17) is 9.47 Å². The van der Waals surface area contributed by atoms with Crippen molar-refractivity contribution in [1.82, 2.24) is 4.57 Å². The van der Waals surface area contributed by atoms with Crippen LogP contribution in [0.1, 0.15) is 27.9 Å². The Kier molecular flexibility index (Phi) is 5.49. The molecule has 0 fully saturated rings. The lowest BCUT2D eigenvalue weighted by molar-refractivity contribution is -0.385. The summed E-state index contributed by atoms with van der Waals surface area (Å²) in [5.41, 5.74) is 4.68. The highest BCUT2D eigenvalue weighted by atomic mass is 19.1. The molecule has 4 aromatic rings. The first-order valence-corrected chi connectivity index (χ1v) is 10.8. The van der Waals surface area contributed by atoms with Crippen LogP contribution in [0.4, 0.5) is 10.1 Å². The van der Waals surface area contributed by atoms with Crippen LogP contribution in [0.15, 0.2) is 60.7 Å². The molecular formula is C26H21FN2O5. The van der Waals surface area contributed by atoms with Gasteiger partial charge in [0.1, 0.15) is 18.2 Å². The number of nitrogens with zero attached hydrogens (tertiary/aromatic N) is 2. The number of esters is 1. The summed E-state index contributed by atoms with van der Waals surface area (Å²) in [6.45, 7) is 0.691. The standard InChI is InChI=1S/C26H21FN2O5/c1-33-26(30)18-5-4-17-13-25-22-8-7-21(12-16(22)3-2-10-28(25)24(17)14-18)34-15-19-11-20(29(31)32)6-9-23(19)27/h4-9,11-14H,2-3,10,15H2,1H3. The summed E-state index contributed by atoms with van der Waals surface area (Å²) < 4.78 is 27.0. The van der Waals surface area contributed by atoms with Crippen molar-refractivity contribution in [2.45, 2.75) is 26.0 Å². The number of rotatable bonds is 5. The average Bonchev–Trinajstić information content (AvgIpc) is 3.10. The van der Waals surface area contributed by atoms with Gasteiger partial charge >= 0.3 is 5.97 Å². The number of methoxy groups -OCH3 is 1. The molecule has 0 N–H and O–H groups in total. The van der Waals surface area contributed by atoms with Crippen molar-refractivity contribution < 1.29 is 23.6 Å². The summed E-state index contributed by atoms with van der Waals surface area (Å²) in [6, 6.07) is 16.8. The molecule has 0 saturated carbocycles. The van der Waals surface area contributed by atoms with E-state index in [1.165, 1.54) is 13.2 Å². The molecule has 0 unspecified atom stereocenters. The molecule has 0 bridgehead atoms. The molecule has 1 aromatic heterocycles. The van der Waals surface area contributed by atoms with Crippen LogP contribution in [-0.2, 0) is 24.3 Å². The number of aromatic nitrogens is 1. The van der Waals surface area contributed by atoms with Crippen LogP contribution in [0, 0.1) is 15.9 Å².